The molecule has 5 rings (SSSR count). The third-order valence-electron chi connectivity index (χ3n) is 7.28. The van der Waals surface area contributed by atoms with Crippen LogP contribution in [0, 0.1) is 6.92 Å². The van der Waals surface area contributed by atoms with Crippen molar-refractivity contribution in [2.75, 3.05) is 14.2 Å². The van der Waals surface area contributed by atoms with Crippen LogP contribution < -0.4 is 15.0 Å². The maximum Gasteiger partial charge on any atom is 0.252 e. The van der Waals surface area contributed by atoms with Crippen molar-refractivity contribution < 1.29 is 9.47 Å². The molecule has 206 valence electrons. The van der Waals surface area contributed by atoms with Crippen molar-refractivity contribution in [3.63, 3.8) is 0 Å². The Hall–Kier alpha value is -4.50. The molecular formula is C31H34N6O3. The Morgan fingerprint density at radius 3 is 2.48 bits per heavy atom. The second-order valence-corrected chi connectivity index (χ2v) is 9.85. The van der Waals surface area contributed by atoms with E-state index >= 15 is 0 Å². The molecule has 0 spiro atoms. The number of aryl methyl sites for hydroxylation is 1. The van der Waals surface area contributed by atoms with E-state index in [1.807, 2.05) is 84.4 Å². The van der Waals surface area contributed by atoms with Crippen molar-refractivity contribution in [1.82, 2.24) is 30.1 Å². The number of para-hydroxylation sites is 2. The van der Waals surface area contributed by atoms with Gasteiger partial charge in [0, 0.05) is 24.2 Å². The number of nitrogens with zero attached hydrogens (tertiary/aromatic N) is 5. The third-order valence-corrected chi connectivity index (χ3v) is 7.28. The van der Waals surface area contributed by atoms with Crippen LogP contribution in [0.1, 0.15) is 47.5 Å². The molecule has 0 saturated carbocycles. The SMILES string of the molecule is CC[C@H](c1nnnn1Cc1ccc(OC)cc1)N(Cc1ccccc1OC)Cc1cc2cccc(C)c2[nH]c1=O. The maximum absolute atomic E-state index is 13.3. The van der Waals surface area contributed by atoms with Crippen LogP contribution in [0.5, 0.6) is 11.5 Å². The fraction of sp³-hybridized carbons (Fsp3) is 0.290. The molecule has 0 fully saturated rings. The van der Waals surface area contributed by atoms with Crippen LogP contribution in [-0.2, 0) is 19.6 Å². The summed E-state index contributed by atoms with van der Waals surface area (Å²) in [5, 5.41) is 13.8. The Bertz CT molecular complexity index is 1640. The fourth-order valence-electron chi connectivity index (χ4n) is 5.16. The molecule has 1 N–H and O–H groups in total. The Balaban J connectivity index is 1.53. The van der Waals surface area contributed by atoms with Gasteiger partial charge in [-0.15, -0.1) is 5.10 Å². The van der Waals surface area contributed by atoms with Crippen LogP contribution >= 0.6 is 0 Å². The standard InChI is InChI=1S/C31H34N6O3/c1-5-27(30-33-34-35-37(30)18-22-13-15-26(39-3)16-14-22)36(19-24-10-6-7-12-28(24)40-4)20-25-17-23-11-8-9-21(2)29(23)32-31(25)38/h6-17,27H,5,18-20H2,1-4H3,(H,32,38)/t27-/m1/s1. The summed E-state index contributed by atoms with van der Waals surface area (Å²) in [5.74, 6) is 2.33. The van der Waals surface area contributed by atoms with Crippen LogP contribution in [-0.4, -0.2) is 44.3 Å². The van der Waals surface area contributed by atoms with E-state index in [1.165, 1.54) is 0 Å². The number of tetrazole rings is 1. The molecule has 0 aliphatic carbocycles. The number of fused-ring (bicyclic) bond motifs is 1. The number of hydrogen-bond acceptors (Lipinski definition) is 7. The van der Waals surface area contributed by atoms with Gasteiger partial charge in [-0.25, -0.2) is 4.68 Å². The van der Waals surface area contributed by atoms with Gasteiger partial charge >= 0.3 is 0 Å². The van der Waals surface area contributed by atoms with Crippen LogP contribution in [0.4, 0.5) is 0 Å². The number of rotatable bonds is 11. The highest BCUT2D eigenvalue weighted by Crippen LogP contribution is 2.29. The molecule has 2 heterocycles. The number of H-pyrrole nitrogens is 1. The first-order valence-corrected chi connectivity index (χ1v) is 13.4. The first-order valence-electron chi connectivity index (χ1n) is 13.4. The van der Waals surface area contributed by atoms with Crippen molar-refractivity contribution in [3.8, 4) is 11.5 Å². The lowest BCUT2D eigenvalue weighted by Crippen LogP contribution is -2.32. The lowest BCUT2D eigenvalue weighted by molar-refractivity contribution is 0.159. The number of pyridine rings is 1. The zero-order valence-electron chi connectivity index (χ0n) is 23.3. The normalized spacial score (nSPS) is 12.1. The van der Waals surface area contributed by atoms with E-state index in [-0.39, 0.29) is 11.6 Å². The lowest BCUT2D eigenvalue weighted by Gasteiger charge is -2.30. The molecule has 5 aromatic rings. The molecule has 0 radical (unpaired) electrons. The van der Waals surface area contributed by atoms with Gasteiger partial charge in [0.25, 0.3) is 5.56 Å². The third kappa shape index (κ3) is 5.74. The molecule has 0 bridgehead atoms. The molecule has 0 unspecified atom stereocenters. The average Bonchev–Trinajstić information content (AvgIpc) is 3.42. The fourth-order valence-corrected chi connectivity index (χ4v) is 5.16. The van der Waals surface area contributed by atoms with Gasteiger partial charge in [0.05, 0.1) is 32.3 Å². The second-order valence-electron chi connectivity index (χ2n) is 9.85. The molecule has 3 aromatic carbocycles. The van der Waals surface area contributed by atoms with E-state index in [9.17, 15) is 4.79 Å². The van der Waals surface area contributed by atoms with Crippen LogP contribution in [0.15, 0.2) is 77.6 Å². The Morgan fingerprint density at radius 2 is 1.73 bits per heavy atom. The van der Waals surface area contributed by atoms with E-state index in [0.717, 1.165) is 51.3 Å². The molecule has 0 saturated heterocycles. The van der Waals surface area contributed by atoms with Crippen LogP contribution in [0.2, 0.25) is 0 Å². The van der Waals surface area contributed by atoms with Crippen LogP contribution in [0.25, 0.3) is 10.9 Å². The van der Waals surface area contributed by atoms with E-state index in [2.05, 4.69) is 32.3 Å². The van der Waals surface area contributed by atoms with Gasteiger partial charge in [0.2, 0.25) is 0 Å². The summed E-state index contributed by atoms with van der Waals surface area (Å²) in [4.78, 5) is 18.6. The second kappa shape index (κ2) is 12.1. The van der Waals surface area contributed by atoms with E-state index in [4.69, 9.17) is 9.47 Å². The Kier molecular flexibility index (Phi) is 8.21. The van der Waals surface area contributed by atoms with Gasteiger partial charge in [-0.2, -0.15) is 0 Å². The summed E-state index contributed by atoms with van der Waals surface area (Å²) in [6.45, 7) is 5.58. The monoisotopic (exact) mass is 538 g/mol. The van der Waals surface area contributed by atoms with Crippen LogP contribution in [0.3, 0.4) is 0 Å². The molecular weight excluding hydrogens is 504 g/mol. The molecule has 1 atom stereocenters. The number of aromatic nitrogens is 5. The lowest BCUT2D eigenvalue weighted by atomic mass is 10.1. The van der Waals surface area contributed by atoms with E-state index in [0.29, 0.717) is 25.2 Å². The van der Waals surface area contributed by atoms with Gasteiger partial charge in [-0.05, 0) is 64.5 Å². The molecule has 40 heavy (non-hydrogen) atoms. The number of nitrogens with one attached hydrogen (secondary N) is 1. The topological polar surface area (TPSA) is 98.2 Å². The number of methoxy groups -OCH3 is 2. The van der Waals surface area contributed by atoms with E-state index in [1.54, 1.807) is 14.2 Å². The quantitative estimate of drug-likeness (QED) is 0.252. The minimum Gasteiger partial charge on any atom is -0.497 e. The highest BCUT2D eigenvalue weighted by atomic mass is 16.5. The van der Waals surface area contributed by atoms with Gasteiger partial charge in [0.1, 0.15) is 11.5 Å². The first-order chi connectivity index (χ1) is 19.5. The predicted octanol–water partition coefficient (Wildman–Crippen LogP) is 5.04. The summed E-state index contributed by atoms with van der Waals surface area (Å²) in [5.41, 5.74) is 4.56. The van der Waals surface area contributed by atoms with Crippen molar-refractivity contribution in [3.05, 3.63) is 111 Å². The molecule has 0 aliphatic heterocycles. The van der Waals surface area contributed by atoms with Gasteiger partial charge < -0.3 is 14.5 Å². The summed E-state index contributed by atoms with van der Waals surface area (Å²) < 4.78 is 12.8. The molecule has 0 aliphatic rings. The Labute approximate surface area is 233 Å². The molecule has 9 heteroatoms. The highest BCUT2D eigenvalue weighted by Gasteiger charge is 2.27. The van der Waals surface area contributed by atoms with Gasteiger partial charge in [-0.3, -0.25) is 9.69 Å². The van der Waals surface area contributed by atoms with E-state index < -0.39 is 0 Å². The zero-order valence-corrected chi connectivity index (χ0v) is 23.3. The van der Waals surface area contributed by atoms with Crippen molar-refractivity contribution in [1.29, 1.82) is 0 Å². The minimum absolute atomic E-state index is 0.0977. The Morgan fingerprint density at radius 1 is 0.950 bits per heavy atom. The van der Waals surface area contributed by atoms with Crippen molar-refractivity contribution in [2.24, 2.45) is 0 Å². The molecule has 2 aromatic heterocycles. The first kappa shape index (κ1) is 27.1. The van der Waals surface area contributed by atoms with Gasteiger partial charge in [-0.1, -0.05) is 55.5 Å². The number of aromatic amines is 1. The summed E-state index contributed by atoms with van der Waals surface area (Å²) in [6.07, 6.45) is 0.739. The smallest absolute Gasteiger partial charge is 0.252 e. The maximum atomic E-state index is 13.3. The summed E-state index contributed by atoms with van der Waals surface area (Å²) >= 11 is 0. The summed E-state index contributed by atoms with van der Waals surface area (Å²) in [7, 11) is 3.32. The predicted molar refractivity (Wildman–Crippen MR) is 154 cm³/mol. The molecule has 0 amide bonds. The highest BCUT2D eigenvalue weighted by molar-refractivity contribution is 5.81. The largest absolute Gasteiger partial charge is 0.497 e. The van der Waals surface area contributed by atoms with Crippen molar-refractivity contribution in [2.45, 2.75) is 45.9 Å². The van der Waals surface area contributed by atoms with Gasteiger partial charge in [0.15, 0.2) is 5.82 Å². The van der Waals surface area contributed by atoms with Crippen molar-refractivity contribution >= 4 is 10.9 Å². The molecule has 9 nitrogen and oxygen atoms in total. The number of ether oxygens (including phenoxy) is 2. The number of benzene rings is 3. The minimum atomic E-state index is -0.161. The average molecular weight is 539 g/mol. The zero-order chi connectivity index (χ0) is 28.1. The summed E-state index contributed by atoms with van der Waals surface area (Å²) in [6, 6.07) is 23.7. The number of hydrogen-bond donors (Lipinski definition) is 1.